The molecule has 5 nitrogen and oxygen atoms in total. The average molecular weight is 450 g/mol. The molecule has 174 valence electrons. The molecule has 1 heterocycles. The van der Waals surface area contributed by atoms with E-state index >= 15 is 0 Å². The number of hydrogen-bond acceptors (Lipinski definition) is 4. The van der Waals surface area contributed by atoms with Crippen LogP contribution in [0, 0.1) is 34.9 Å². The smallest absolute Gasteiger partial charge is 0.224 e. The van der Waals surface area contributed by atoms with Gasteiger partial charge in [-0.05, 0) is 91.2 Å². The van der Waals surface area contributed by atoms with Gasteiger partial charge in [0.2, 0.25) is 5.91 Å². The maximum atomic E-state index is 13.4. The molecule has 0 aliphatic heterocycles. The molecule has 4 bridgehead atoms. The second-order valence-corrected chi connectivity index (χ2v) is 10.6. The number of amides is 1. The summed E-state index contributed by atoms with van der Waals surface area (Å²) in [6.45, 7) is 0.445. The van der Waals surface area contributed by atoms with E-state index < -0.39 is 0 Å². The Labute approximate surface area is 194 Å². The zero-order chi connectivity index (χ0) is 23.0. The summed E-state index contributed by atoms with van der Waals surface area (Å²) in [5.41, 5.74) is 8.28. The van der Waals surface area contributed by atoms with Crippen LogP contribution < -0.4 is 11.1 Å². The number of nitrogens with one attached hydrogen (secondary N) is 1. The summed E-state index contributed by atoms with van der Waals surface area (Å²) in [5.74, 6) is 1.89. The van der Waals surface area contributed by atoms with Gasteiger partial charge in [-0.3, -0.25) is 14.6 Å². The fraction of sp³-hybridized carbons (Fsp3) is 0.519. The number of pyridine rings is 1. The van der Waals surface area contributed by atoms with E-state index in [2.05, 4.69) is 10.3 Å². The number of nitrogens with two attached hydrogens (primary N) is 1. The minimum atomic E-state index is -0.305. The molecule has 1 amide bonds. The van der Waals surface area contributed by atoms with E-state index in [4.69, 9.17) is 5.73 Å². The Hall–Kier alpha value is -2.60. The molecule has 4 fully saturated rings. The molecular formula is C27H32FN3O2. The SMILES string of the molecule is NC(CNC(=O)Cc1ccc(F)cc1)C1C2CC3CC1CC(C(=O)Cc1ccncc1)(C3)C2. The van der Waals surface area contributed by atoms with Gasteiger partial charge in [-0.15, -0.1) is 0 Å². The Bertz CT molecular complexity index is 994. The van der Waals surface area contributed by atoms with Gasteiger partial charge < -0.3 is 11.1 Å². The van der Waals surface area contributed by atoms with E-state index in [1.165, 1.54) is 12.1 Å². The highest BCUT2D eigenvalue weighted by atomic mass is 19.1. The lowest BCUT2D eigenvalue weighted by Crippen LogP contribution is -2.59. The summed E-state index contributed by atoms with van der Waals surface area (Å²) in [6.07, 6.45) is 9.43. The van der Waals surface area contributed by atoms with Gasteiger partial charge in [0.25, 0.3) is 0 Å². The third-order valence-corrected chi connectivity index (χ3v) is 8.36. The third kappa shape index (κ3) is 4.58. The van der Waals surface area contributed by atoms with Gasteiger partial charge >= 0.3 is 0 Å². The lowest BCUT2D eigenvalue weighted by atomic mass is 9.44. The van der Waals surface area contributed by atoms with Gasteiger partial charge in [0.05, 0.1) is 6.42 Å². The Morgan fingerprint density at radius 1 is 1.00 bits per heavy atom. The van der Waals surface area contributed by atoms with Crippen LogP contribution in [0.4, 0.5) is 4.39 Å². The van der Waals surface area contributed by atoms with Crippen molar-refractivity contribution in [2.45, 2.75) is 51.0 Å². The highest BCUT2D eigenvalue weighted by molar-refractivity contribution is 5.87. The molecule has 33 heavy (non-hydrogen) atoms. The molecule has 0 radical (unpaired) electrons. The van der Waals surface area contributed by atoms with Gasteiger partial charge in [-0.25, -0.2) is 4.39 Å². The van der Waals surface area contributed by atoms with Crippen LogP contribution in [-0.2, 0) is 22.4 Å². The molecule has 4 aliphatic carbocycles. The molecule has 1 aromatic carbocycles. The Kier molecular flexibility index (Phi) is 6.04. The molecule has 3 unspecified atom stereocenters. The second kappa shape index (κ2) is 8.98. The van der Waals surface area contributed by atoms with Crippen LogP contribution in [0.3, 0.4) is 0 Å². The van der Waals surface area contributed by atoms with Crippen LogP contribution in [0.1, 0.15) is 43.2 Å². The van der Waals surface area contributed by atoms with Crippen LogP contribution in [0.5, 0.6) is 0 Å². The molecule has 2 aromatic rings. The molecular weight excluding hydrogens is 417 g/mol. The van der Waals surface area contributed by atoms with Crippen molar-refractivity contribution in [3.8, 4) is 0 Å². The van der Waals surface area contributed by atoms with E-state index in [9.17, 15) is 14.0 Å². The van der Waals surface area contributed by atoms with E-state index in [0.717, 1.165) is 43.2 Å². The molecule has 4 saturated carbocycles. The summed E-state index contributed by atoms with van der Waals surface area (Å²) in [7, 11) is 0. The predicted molar refractivity (Wildman–Crippen MR) is 124 cm³/mol. The molecule has 4 aliphatic rings. The number of halogens is 1. The summed E-state index contributed by atoms with van der Waals surface area (Å²) >= 11 is 0. The van der Waals surface area contributed by atoms with Crippen molar-refractivity contribution < 1.29 is 14.0 Å². The fourth-order valence-electron chi connectivity index (χ4n) is 7.20. The summed E-state index contributed by atoms with van der Waals surface area (Å²) < 4.78 is 13.1. The van der Waals surface area contributed by atoms with Crippen LogP contribution >= 0.6 is 0 Å². The monoisotopic (exact) mass is 449 g/mol. The first-order valence-corrected chi connectivity index (χ1v) is 12.1. The molecule has 0 saturated heterocycles. The average Bonchev–Trinajstić information content (AvgIpc) is 2.79. The first-order chi connectivity index (χ1) is 15.9. The molecule has 6 rings (SSSR count). The summed E-state index contributed by atoms with van der Waals surface area (Å²) in [6, 6.07) is 9.77. The number of benzene rings is 1. The Morgan fingerprint density at radius 3 is 2.30 bits per heavy atom. The second-order valence-electron chi connectivity index (χ2n) is 10.6. The van der Waals surface area contributed by atoms with E-state index in [1.807, 2.05) is 12.1 Å². The fourth-order valence-corrected chi connectivity index (χ4v) is 7.20. The standard InChI is InChI=1S/C27H32FN3O2/c28-22-3-1-17(2-4-22)12-25(33)31-16-23(29)26-20-9-19-10-21(26)15-27(13-19,14-20)24(32)11-18-5-7-30-8-6-18/h1-8,19-21,23,26H,9-16,29H2,(H,31,33). The van der Waals surface area contributed by atoms with Crippen molar-refractivity contribution in [2.24, 2.45) is 34.8 Å². The van der Waals surface area contributed by atoms with Crippen LogP contribution in [-0.4, -0.2) is 29.3 Å². The molecule has 3 atom stereocenters. The highest BCUT2D eigenvalue weighted by Crippen LogP contribution is 2.63. The zero-order valence-corrected chi connectivity index (χ0v) is 18.9. The van der Waals surface area contributed by atoms with Crippen LogP contribution in [0.2, 0.25) is 0 Å². The molecule has 3 N–H and O–H groups in total. The van der Waals surface area contributed by atoms with Crippen molar-refractivity contribution in [1.29, 1.82) is 0 Å². The topological polar surface area (TPSA) is 85.1 Å². The quantitative estimate of drug-likeness (QED) is 0.646. The first kappa shape index (κ1) is 22.2. The molecule has 6 heteroatoms. The van der Waals surface area contributed by atoms with Crippen molar-refractivity contribution in [3.63, 3.8) is 0 Å². The number of ketones is 1. The van der Waals surface area contributed by atoms with E-state index in [-0.39, 0.29) is 29.6 Å². The highest BCUT2D eigenvalue weighted by Gasteiger charge is 2.58. The normalized spacial score (nSPS) is 30.7. The van der Waals surface area contributed by atoms with E-state index in [1.54, 1.807) is 24.5 Å². The van der Waals surface area contributed by atoms with Crippen molar-refractivity contribution in [3.05, 3.63) is 65.7 Å². The lowest BCUT2D eigenvalue weighted by molar-refractivity contribution is -0.151. The summed E-state index contributed by atoms with van der Waals surface area (Å²) in [5, 5.41) is 2.99. The van der Waals surface area contributed by atoms with Gasteiger partial charge in [0.15, 0.2) is 0 Å². The zero-order valence-electron chi connectivity index (χ0n) is 18.9. The van der Waals surface area contributed by atoms with Gasteiger partial charge in [0.1, 0.15) is 11.6 Å². The number of carbonyl (C=O) groups excluding carboxylic acids is 2. The predicted octanol–water partition coefficient (Wildman–Crippen LogP) is 3.46. The van der Waals surface area contributed by atoms with Crippen molar-refractivity contribution in [2.75, 3.05) is 6.54 Å². The van der Waals surface area contributed by atoms with Crippen LogP contribution in [0.15, 0.2) is 48.8 Å². The van der Waals surface area contributed by atoms with Crippen molar-refractivity contribution in [1.82, 2.24) is 10.3 Å². The Morgan fingerprint density at radius 2 is 1.64 bits per heavy atom. The minimum absolute atomic E-state index is 0.0927. The van der Waals surface area contributed by atoms with Gasteiger partial charge in [-0.1, -0.05) is 12.1 Å². The van der Waals surface area contributed by atoms with Crippen LogP contribution in [0.25, 0.3) is 0 Å². The largest absolute Gasteiger partial charge is 0.354 e. The van der Waals surface area contributed by atoms with Gasteiger partial charge in [-0.2, -0.15) is 0 Å². The minimum Gasteiger partial charge on any atom is -0.354 e. The number of Topliss-reactive ketones (excluding diaryl/α,β-unsaturated/α-hetero) is 1. The summed E-state index contributed by atoms with van der Waals surface area (Å²) in [4.78, 5) is 29.9. The molecule has 0 spiro atoms. The number of aromatic nitrogens is 1. The number of rotatable bonds is 8. The number of hydrogen-bond donors (Lipinski definition) is 2. The van der Waals surface area contributed by atoms with E-state index in [0.29, 0.717) is 42.4 Å². The number of nitrogens with zero attached hydrogens (tertiary/aromatic N) is 1. The van der Waals surface area contributed by atoms with Crippen molar-refractivity contribution >= 4 is 11.7 Å². The van der Waals surface area contributed by atoms with Gasteiger partial charge in [0, 0.05) is 36.8 Å². The maximum absolute atomic E-state index is 13.4. The molecule has 1 aromatic heterocycles. The third-order valence-electron chi connectivity index (χ3n) is 8.36. The lowest BCUT2D eigenvalue weighted by Gasteiger charge is -2.60. The number of carbonyl (C=O) groups is 2. The maximum Gasteiger partial charge on any atom is 0.224 e. The first-order valence-electron chi connectivity index (χ1n) is 12.1. The Balaban J connectivity index is 1.19.